The second-order valence-electron chi connectivity index (χ2n) is 9.36. The summed E-state index contributed by atoms with van der Waals surface area (Å²) in [5.74, 6) is -0.817. The Bertz CT molecular complexity index is 1000. The average molecular weight is 465 g/mol. The summed E-state index contributed by atoms with van der Waals surface area (Å²) in [7, 11) is 0. The van der Waals surface area contributed by atoms with Gasteiger partial charge in [-0.05, 0) is 47.4 Å². The summed E-state index contributed by atoms with van der Waals surface area (Å²) in [6.45, 7) is 2.24. The van der Waals surface area contributed by atoms with Crippen molar-refractivity contribution in [2.24, 2.45) is 5.92 Å². The van der Waals surface area contributed by atoms with Gasteiger partial charge in [0.25, 0.3) is 0 Å². The van der Waals surface area contributed by atoms with E-state index >= 15 is 0 Å². The van der Waals surface area contributed by atoms with Crippen LogP contribution < -0.4 is 10.6 Å². The van der Waals surface area contributed by atoms with Crippen LogP contribution in [0.5, 0.6) is 0 Å². The van der Waals surface area contributed by atoms with Crippen molar-refractivity contribution in [2.45, 2.75) is 63.5 Å². The van der Waals surface area contributed by atoms with Gasteiger partial charge in [-0.1, -0.05) is 61.9 Å². The lowest BCUT2D eigenvalue weighted by Crippen LogP contribution is -2.46. The van der Waals surface area contributed by atoms with E-state index in [1.807, 2.05) is 31.2 Å². The van der Waals surface area contributed by atoms with Gasteiger partial charge in [0, 0.05) is 24.4 Å². The number of ether oxygens (including phenoxy) is 1. The first-order chi connectivity index (χ1) is 16.4. The Labute approximate surface area is 199 Å². The molecule has 4 rings (SSSR count). The van der Waals surface area contributed by atoms with Crippen molar-refractivity contribution < 1.29 is 24.2 Å². The molecule has 7 heteroatoms. The van der Waals surface area contributed by atoms with E-state index in [0.29, 0.717) is 12.8 Å². The standard InChI is InChI=1S/C27H32N2O5/c1-2-7-18(15-26(31)32)28-25(30)14-17-12-19(13-17)29-27(33)34-16-24-22-10-5-3-8-20(22)21-9-4-6-11-23(21)24/h3-6,8-11,17-19,24H,2,7,12-16H2,1H3,(H,28,30)(H,29,33)(H,31,32). The minimum Gasteiger partial charge on any atom is -0.481 e. The summed E-state index contributed by atoms with van der Waals surface area (Å²) in [6.07, 6.45) is 2.75. The van der Waals surface area contributed by atoms with Gasteiger partial charge in [-0.15, -0.1) is 0 Å². The molecule has 0 aliphatic heterocycles. The maximum Gasteiger partial charge on any atom is 0.407 e. The number of fused-ring (bicyclic) bond motifs is 3. The van der Waals surface area contributed by atoms with E-state index in [9.17, 15) is 14.4 Å². The van der Waals surface area contributed by atoms with Crippen molar-refractivity contribution in [3.05, 3.63) is 59.7 Å². The van der Waals surface area contributed by atoms with Crippen LogP contribution in [0.4, 0.5) is 4.79 Å². The van der Waals surface area contributed by atoms with E-state index in [-0.39, 0.29) is 42.9 Å². The molecule has 1 unspecified atom stereocenters. The van der Waals surface area contributed by atoms with Gasteiger partial charge < -0.3 is 20.5 Å². The molecule has 3 N–H and O–H groups in total. The summed E-state index contributed by atoms with van der Waals surface area (Å²) in [5.41, 5.74) is 4.74. The molecule has 0 bridgehead atoms. The molecule has 2 aromatic rings. The molecule has 2 amide bonds. The molecule has 2 aromatic carbocycles. The summed E-state index contributed by atoms with van der Waals surface area (Å²) in [5, 5.41) is 14.7. The smallest absolute Gasteiger partial charge is 0.407 e. The zero-order valence-corrected chi connectivity index (χ0v) is 19.5. The van der Waals surface area contributed by atoms with Crippen molar-refractivity contribution in [3.63, 3.8) is 0 Å². The third kappa shape index (κ3) is 5.58. The van der Waals surface area contributed by atoms with E-state index in [1.54, 1.807) is 0 Å². The van der Waals surface area contributed by atoms with E-state index in [1.165, 1.54) is 22.3 Å². The first-order valence-electron chi connectivity index (χ1n) is 12.1. The molecule has 7 nitrogen and oxygen atoms in total. The SMILES string of the molecule is CCCC(CC(=O)O)NC(=O)CC1CC(NC(=O)OCC2c3ccccc3-c3ccccc32)C1. The average Bonchev–Trinajstić information content (AvgIpc) is 3.10. The molecule has 1 saturated carbocycles. The van der Waals surface area contributed by atoms with Gasteiger partial charge in [0.2, 0.25) is 5.91 Å². The fraction of sp³-hybridized carbons (Fsp3) is 0.444. The maximum absolute atomic E-state index is 12.4. The second-order valence-corrected chi connectivity index (χ2v) is 9.36. The lowest BCUT2D eigenvalue weighted by atomic mass is 9.78. The Morgan fingerprint density at radius 2 is 1.65 bits per heavy atom. The van der Waals surface area contributed by atoms with Crippen molar-refractivity contribution in [3.8, 4) is 11.1 Å². The molecule has 2 aliphatic rings. The number of alkyl carbamates (subject to hydrolysis) is 1. The molecule has 0 saturated heterocycles. The van der Waals surface area contributed by atoms with Crippen LogP contribution in [0.25, 0.3) is 11.1 Å². The van der Waals surface area contributed by atoms with Crippen molar-refractivity contribution >= 4 is 18.0 Å². The fourth-order valence-corrected chi connectivity index (χ4v) is 5.16. The van der Waals surface area contributed by atoms with Crippen LogP contribution in [0, 0.1) is 5.92 Å². The Morgan fingerprint density at radius 3 is 2.24 bits per heavy atom. The van der Waals surface area contributed by atoms with Crippen LogP contribution in [0.3, 0.4) is 0 Å². The number of carbonyl (C=O) groups excluding carboxylic acids is 2. The number of carbonyl (C=O) groups is 3. The molecule has 180 valence electrons. The van der Waals surface area contributed by atoms with Crippen molar-refractivity contribution in [1.29, 1.82) is 0 Å². The lowest BCUT2D eigenvalue weighted by Gasteiger charge is -2.35. The quantitative estimate of drug-likeness (QED) is 0.482. The summed E-state index contributed by atoms with van der Waals surface area (Å²) in [6, 6.07) is 16.1. The van der Waals surface area contributed by atoms with Gasteiger partial charge in [0.1, 0.15) is 6.61 Å². The van der Waals surface area contributed by atoms with E-state index in [4.69, 9.17) is 9.84 Å². The highest BCUT2D eigenvalue weighted by Gasteiger charge is 2.33. The van der Waals surface area contributed by atoms with E-state index < -0.39 is 12.1 Å². The molecule has 0 radical (unpaired) electrons. The van der Waals surface area contributed by atoms with Gasteiger partial charge in [-0.3, -0.25) is 9.59 Å². The Morgan fingerprint density at radius 1 is 1.03 bits per heavy atom. The maximum atomic E-state index is 12.4. The predicted molar refractivity (Wildman–Crippen MR) is 128 cm³/mol. The van der Waals surface area contributed by atoms with Crippen LogP contribution >= 0.6 is 0 Å². The van der Waals surface area contributed by atoms with Crippen LogP contribution in [0.15, 0.2) is 48.5 Å². The molecule has 1 atom stereocenters. The first kappa shape index (κ1) is 23.8. The molecule has 0 spiro atoms. The summed E-state index contributed by atoms with van der Waals surface area (Å²) in [4.78, 5) is 35.6. The molecule has 2 aliphatic carbocycles. The van der Waals surface area contributed by atoms with Crippen LogP contribution in [0.1, 0.15) is 62.5 Å². The largest absolute Gasteiger partial charge is 0.481 e. The number of carboxylic acids is 1. The van der Waals surface area contributed by atoms with Gasteiger partial charge in [0.05, 0.1) is 6.42 Å². The molecular formula is C27H32N2O5. The normalized spacial score (nSPS) is 19.3. The van der Waals surface area contributed by atoms with Crippen LogP contribution in [-0.4, -0.2) is 41.8 Å². The van der Waals surface area contributed by atoms with Gasteiger partial charge in [-0.2, -0.15) is 0 Å². The number of amides is 2. The van der Waals surface area contributed by atoms with Gasteiger partial charge in [0.15, 0.2) is 0 Å². The van der Waals surface area contributed by atoms with Gasteiger partial charge in [-0.25, -0.2) is 4.79 Å². The number of carboxylic acid groups (broad SMARTS) is 1. The molecule has 34 heavy (non-hydrogen) atoms. The Balaban J connectivity index is 1.20. The molecule has 1 fully saturated rings. The number of benzene rings is 2. The highest BCUT2D eigenvalue weighted by atomic mass is 16.5. The minimum absolute atomic E-state index is 0.00101. The number of aliphatic carboxylic acids is 1. The summed E-state index contributed by atoms with van der Waals surface area (Å²) >= 11 is 0. The second kappa shape index (κ2) is 10.7. The zero-order valence-electron chi connectivity index (χ0n) is 19.5. The van der Waals surface area contributed by atoms with E-state index in [0.717, 1.165) is 19.3 Å². The van der Waals surface area contributed by atoms with Gasteiger partial charge >= 0.3 is 12.1 Å². The van der Waals surface area contributed by atoms with Crippen LogP contribution in [0.2, 0.25) is 0 Å². The number of rotatable bonds is 10. The lowest BCUT2D eigenvalue weighted by molar-refractivity contribution is -0.137. The fourth-order valence-electron chi connectivity index (χ4n) is 5.16. The van der Waals surface area contributed by atoms with Crippen molar-refractivity contribution in [1.82, 2.24) is 10.6 Å². The monoisotopic (exact) mass is 464 g/mol. The third-order valence-corrected chi connectivity index (χ3v) is 6.80. The molecule has 0 heterocycles. The highest BCUT2D eigenvalue weighted by Crippen LogP contribution is 2.44. The number of hydrogen-bond donors (Lipinski definition) is 3. The number of nitrogens with one attached hydrogen (secondary N) is 2. The number of hydrogen-bond acceptors (Lipinski definition) is 4. The van der Waals surface area contributed by atoms with E-state index in [2.05, 4.69) is 34.9 Å². The highest BCUT2D eigenvalue weighted by molar-refractivity contribution is 5.79. The minimum atomic E-state index is -0.908. The topological polar surface area (TPSA) is 105 Å². The predicted octanol–water partition coefficient (Wildman–Crippen LogP) is 4.45. The first-order valence-corrected chi connectivity index (χ1v) is 12.1. The van der Waals surface area contributed by atoms with Crippen molar-refractivity contribution in [2.75, 3.05) is 6.61 Å². The third-order valence-electron chi connectivity index (χ3n) is 6.80. The Hall–Kier alpha value is -3.35. The summed E-state index contributed by atoms with van der Waals surface area (Å²) < 4.78 is 5.59. The molecular weight excluding hydrogens is 432 g/mol. The Kier molecular flexibility index (Phi) is 7.50. The molecule has 0 aromatic heterocycles. The van der Waals surface area contributed by atoms with Crippen LogP contribution in [-0.2, 0) is 14.3 Å². The zero-order chi connectivity index (χ0) is 24.1.